The highest BCUT2D eigenvalue weighted by molar-refractivity contribution is 9.10. The molecular weight excluding hydrogens is 481 g/mol. The molecule has 2 heterocycles. The number of carbonyl (C=O) groups excluding carboxylic acids is 2. The highest BCUT2D eigenvalue weighted by Gasteiger charge is 2.34. The van der Waals surface area contributed by atoms with Crippen LogP contribution in [0.25, 0.3) is 11.8 Å². The quantitative estimate of drug-likeness (QED) is 0.320. The number of halogens is 2. The average molecular weight is 498 g/mol. The number of anilines is 1. The maximum Gasteiger partial charge on any atom is 0.270 e. The molecule has 31 heavy (non-hydrogen) atoms. The Morgan fingerprint density at radius 1 is 1.03 bits per heavy atom. The minimum absolute atomic E-state index is 0.0204. The van der Waals surface area contributed by atoms with E-state index in [9.17, 15) is 14.0 Å². The Balaban J connectivity index is 1.76. The largest absolute Gasteiger partial charge is 0.318 e. The Hall–Kier alpha value is -3.10. The van der Waals surface area contributed by atoms with E-state index < -0.39 is 11.8 Å². The normalized spacial score (nSPS) is 15.5. The number of rotatable bonds is 3. The summed E-state index contributed by atoms with van der Waals surface area (Å²) in [6.45, 7) is 3.79. The molecule has 0 bridgehead atoms. The van der Waals surface area contributed by atoms with E-state index in [-0.39, 0.29) is 16.5 Å². The van der Waals surface area contributed by atoms with Crippen molar-refractivity contribution in [1.29, 1.82) is 0 Å². The molecule has 1 aliphatic heterocycles. The van der Waals surface area contributed by atoms with Crippen molar-refractivity contribution >= 4 is 56.8 Å². The summed E-state index contributed by atoms with van der Waals surface area (Å²) in [5, 5.41) is 2.62. The van der Waals surface area contributed by atoms with E-state index in [1.165, 1.54) is 17.0 Å². The van der Waals surface area contributed by atoms with Gasteiger partial charge in [0.2, 0.25) is 0 Å². The predicted octanol–water partition coefficient (Wildman–Crippen LogP) is 4.83. The van der Waals surface area contributed by atoms with Crippen LogP contribution in [0.4, 0.5) is 10.1 Å². The number of nitrogens with one attached hydrogen (secondary N) is 1. The standard InChI is InChI=1S/C23H17BrFN3O2S/c1-13-10-15(14(2)27(13)18-8-6-17(25)7-9-18)11-20-21(29)26-23(31)28(22(20)30)19-5-3-4-16(24)12-19/h3-12H,1-2H3,(H,26,29,31)/b20-11+. The van der Waals surface area contributed by atoms with Gasteiger partial charge in [-0.25, -0.2) is 4.39 Å². The van der Waals surface area contributed by atoms with Crippen molar-refractivity contribution in [3.8, 4) is 5.69 Å². The van der Waals surface area contributed by atoms with Gasteiger partial charge in [0.25, 0.3) is 11.8 Å². The fourth-order valence-electron chi connectivity index (χ4n) is 3.58. The molecule has 1 N–H and O–H groups in total. The van der Waals surface area contributed by atoms with Crippen LogP contribution in [0.15, 0.2) is 64.6 Å². The van der Waals surface area contributed by atoms with Crippen molar-refractivity contribution < 1.29 is 14.0 Å². The van der Waals surface area contributed by atoms with Crippen molar-refractivity contribution in [2.45, 2.75) is 13.8 Å². The van der Waals surface area contributed by atoms with Gasteiger partial charge in [-0.05, 0) is 86.2 Å². The van der Waals surface area contributed by atoms with E-state index in [1.54, 1.807) is 36.4 Å². The van der Waals surface area contributed by atoms with Gasteiger partial charge < -0.3 is 4.57 Å². The summed E-state index contributed by atoms with van der Waals surface area (Å²) >= 11 is 8.63. The van der Waals surface area contributed by atoms with Gasteiger partial charge in [0.1, 0.15) is 11.4 Å². The first kappa shape index (κ1) is 21.1. The lowest BCUT2D eigenvalue weighted by Gasteiger charge is -2.29. The van der Waals surface area contributed by atoms with Crippen LogP contribution < -0.4 is 10.2 Å². The van der Waals surface area contributed by atoms with Gasteiger partial charge in [0.05, 0.1) is 5.69 Å². The molecule has 1 aliphatic rings. The minimum atomic E-state index is -0.548. The van der Waals surface area contributed by atoms with Gasteiger partial charge in [-0.15, -0.1) is 0 Å². The zero-order valence-electron chi connectivity index (χ0n) is 16.6. The lowest BCUT2D eigenvalue weighted by molar-refractivity contribution is -0.122. The van der Waals surface area contributed by atoms with E-state index in [1.807, 2.05) is 30.5 Å². The Bertz CT molecular complexity index is 1260. The Morgan fingerprint density at radius 2 is 1.74 bits per heavy atom. The lowest BCUT2D eigenvalue weighted by Crippen LogP contribution is -2.54. The molecule has 0 spiro atoms. The number of hydrogen-bond acceptors (Lipinski definition) is 3. The Morgan fingerprint density at radius 3 is 2.42 bits per heavy atom. The number of aryl methyl sites for hydroxylation is 1. The second-order valence-corrected chi connectivity index (χ2v) is 8.38. The summed E-state index contributed by atoms with van der Waals surface area (Å²) < 4.78 is 16.0. The second kappa shape index (κ2) is 8.20. The van der Waals surface area contributed by atoms with Crippen LogP contribution in [0.2, 0.25) is 0 Å². The molecule has 0 aliphatic carbocycles. The van der Waals surface area contributed by atoms with Crippen molar-refractivity contribution in [3.05, 3.63) is 87.4 Å². The second-order valence-electron chi connectivity index (χ2n) is 7.08. The van der Waals surface area contributed by atoms with Gasteiger partial charge in [-0.1, -0.05) is 22.0 Å². The molecule has 156 valence electrons. The fourth-order valence-corrected chi connectivity index (χ4v) is 4.25. The topological polar surface area (TPSA) is 54.3 Å². The third kappa shape index (κ3) is 3.96. The van der Waals surface area contributed by atoms with Gasteiger partial charge in [-0.2, -0.15) is 0 Å². The van der Waals surface area contributed by atoms with E-state index in [0.29, 0.717) is 11.3 Å². The summed E-state index contributed by atoms with van der Waals surface area (Å²) in [5.41, 5.74) is 3.73. The van der Waals surface area contributed by atoms with Gasteiger partial charge >= 0.3 is 0 Å². The third-order valence-electron chi connectivity index (χ3n) is 5.02. The van der Waals surface area contributed by atoms with Crippen LogP contribution in [0.5, 0.6) is 0 Å². The molecule has 0 unspecified atom stereocenters. The van der Waals surface area contributed by atoms with Crippen LogP contribution in [-0.4, -0.2) is 21.5 Å². The molecule has 2 amide bonds. The van der Waals surface area contributed by atoms with Crippen molar-refractivity contribution in [3.63, 3.8) is 0 Å². The first-order valence-electron chi connectivity index (χ1n) is 9.38. The highest BCUT2D eigenvalue weighted by atomic mass is 79.9. The zero-order valence-corrected chi connectivity index (χ0v) is 19.1. The molecule has 1 saturated heterocycles. The molecule has 5 nitrogen and oxygen atoms in total. The summed E-state index contributed by atoms with van der Waals surface area (Å²) in [6, 6.07) is 15.1. The molecule has 1 aromatic heterocycles. The number of benzene rings is 2. The molecule has 4 rings (SSSR count). The number of hydrogen-bond donors (Lipinski definition) is 1. The maximum absolute atomic E-state index is 13.3. The highest BCUT2D eigenvalue weighted by Crippen LogP contribution is 2.27. The summed E-state index contributed by atoms with van der Waals surface area (Å²) in [6.07, 6.45) is 1.56. The average Bonchev–Trinajstić information content (AvgIpc) is 2.99. The number of aromatic nitrogens is 1. The summed E-state index contributed by atoms with van der Waals surface area (Å²) in [7, 11) is 0. The number of amides is 2. The maximum atomic E-state index is 13.3. The Labute approximate surface area is 192 Å². The van der Waals surface area contributed by atoms with Crippen molar-refractivity contribution in [1.82, 2.24) is 9.88 Å². The Kier molecular flexibility index (Phi) is 5.60. The molecular formula is C23H17BrFN3O2S. The van der Waals surface area contributed by atoms with E-state index in [2.05, 4.69) is 21.2 Å². The molecule has 1 fully saturated rings. The smallest absolute Gasteiger partial charge is 0.270 e. The predicted molar refractivity (Wildman–Crippen MR) is 126 cm³/mol. The van der Waals surface area contributed by atoms with Crippen LogP contribution in [0.1, 0.15) is 17.0 Å². The number of carbonyl (C=O) groups is 2. The van der Waals surface area contributed by atoms with Gasteiger partial charge in [-0.3, -0.25) is 19.8 Å². The van der Waals surface area contributed by atoms with E-state index in [0.717, 1.165) is 21.5 Å². The summed E-state index contributed by atoms with van der Waals surface area (Å²) in [4.78, 5) is 27.1. The van der Waals surface area contributed by atoms with E-state index in [4.69, 9.17) is 12.2 Å². The molecule has 0 atom stereocenters. The van der Waals surface area contributed by atoms with Crippen LogP contribution in [0, 0.1) is 19.7 Å². The fraction of sp³-hybridized carbons (Fsp3) is 0.0870. The monoisotopic (exact) mass is 497 g/mol. The summed E-state index contributed by atoms with van der Waals surface area (Å²) in [5.74, 6) is -1.37. The lowest BCUT2D eigenvalue weighted by atomic mass is 10.1. The van der Waals surface area contributed by atoms with Crippen molar-refractivity contribution in [2.24, 2.45) is 0 Å². The number of thiocarbonyl (C=S) groups is 1. The molecule has 0 saturated carbocycles. The van der Waals surface area contributed by atoms with Crippen LogP contribution in [-0.2, 0) is 9.59 Å². The molecule has 0 radical (unpaired) electrons. The molecule has 3 aromatic rings. The number of nitrogens with zero attached hydrogens (tertiary/aromatic N) is 2. The SMILES string of the molecule is Cc1cc(/C=C2\C(=O)NC(=S)N(c3cccc(Br)c3)C2=O)c(C)n1-c1ccc(F)cc1. The van der Waals surface area contributed by atoms with Gasteiger partial charge in [0, 0.05) is 21.5 Å². The third-order valence-corrected chi connectivity index (χ3v) is 5.80. The van der Waals surface area contributed by atoms with Crippen LogP contribution in [0.3, 0.4) is 0 Å². The zero-order chi connectivity index (χ0) is 22.3. The molecule has 8 heteroatoms. The van der Waals surface area contributed by atoms with E-state index >= 15 is 0 Å². The van der Waals surface area contributed by atoms with Crippen LogP contribution >= 0.6 is 28.1 Å². The van der Waals surface area contributed by atoms with Crippen molar-refractivity contribution in [2.75, 3.05) is 4.90 Å². The minimum Gasteiger partial charge on any atom is -0.318 e. The first-order chi connectivity index (χ1) is 14.8. The van der Waals surface area contributed by atoms with Gasteiger partial charge in [0.15, 0.2) is 5.11 Å². The molecule has 2 aromatic carbocycles. The first-order valence-corrected chi connectivity index (χ1v) is 10.6.